The van der Waals surface area contributed by atoms with Gasteiger partial charge in [-0.3, -0.25) is 0 Å². The van der Waals surface area contributed by atoms with Crippen LogP contribution in [0.15, 0.2) is 12.1 Å². The molecule has 0 aliphatic carbocycles. The van der Waals surface area contributed by atoms with Crippen molar-refractivity contribution in [3.05, 3.63) is 27.7 Å². The number of benzene rings is 1. The van der Waals surface area contributed by atoms with E-state index in [1.807, 2.05) is 0 Å². The van der Waals surface area contributed by atoms with Crippen LogP contribution in [0.2, 0.25) is 10.0 Å². The summed E-state index contributed by atoms with van der Waals surface area (Å²) < 4.78 is 27.9. The average molecular weight is 261 g/mol. The Balaban J connectivity index is 3.05. The summed E-state index contributed by atoms with van der Waals surface area (Å²) in [6, 6.07) is 2.86. The highest BCUT2D eigenvalue weighted by atomic mass is 35.5. The third-order valence-electron chi connectivity index (χ3n) is 1.42. The molecule has 1 aromatic rings. The summed E-state index contributed by atoms with van der Waals surface area (Å²) in [6.07, 6.45) is 0. The maximum atomic E-state index is 11.9. The summed E-state index contributed by atoms with van der Waals surface area (Å²) in [6.45, 7) is -2.95. The minimum atomic E-state index is -2.95. The lowest BCUT2D eigenvalue weighted by Crippen LogP contribution is -2.03. The molecular weight excluding hydrogens is 256 g/mol. The van der Waals surface area contributed by atoms with Crippen LogP contribution in [-0.2, 0) is 5.88 Å². The molecule has 0 aromatic heterocycles. The van der Waals surface area contributed by atoms with Gasteiger partial charge in [0.15, 0.2) is 5.75 Å². The molecule has 0 N–H and O–H groups in total. The van der Waals surface area contributed by atoms with E-state index in [0.29, 0.717) is 5.56 Å². The van der Waals surface area contributed by atoms with Crippen LogP contribution in [0.3, 0.4) is 0 Å². The molecule has 0 unspecified atom stereocenters. The first-order valence-corrected chi connectivity index (χ1v) is 4.82. The fourth-order valence-corrected chi connectivity index (χ4v) is 1.67. The Morgan fingerprint density at radius 3 is 2.07 bits per heavy atom. The van der Waals surface area contributed by atoms with Gasteiger partial charge in [0, 0.05) is 5.88 Å². The first-order chi connectivity index (χ1) is 6.54. The predicted molar refractivity (Wildman–Crippen MR) is 52.7 cm³/mol. The fourth-order valence-electron chi connectivity index (χ4n) is 0.891. The second-order valence-electron chi connectivity index (χ2n) is 2.40. The van der Waals surface area contributed by atoms with E-state index < -0.39 is 6.61 Å². The Morgan fingerprint density at radius 1 is 1.21 bits per heavy atom. The maximum absolute atomic E-state index is 11.9. The first kappa shape index (κ1) is 11.8. The standard InChI is InChI=1S/C8H5Cl3F2O/c9-3-4-1-5(10)7(6(11)2-4)14-8(12)13/h1-2,8H,3H2. The Labute approximate surface area is 94.5 Å². The van der Waals surface area contributed by atoms with Crippen molar-refractivity contribution in [2.45, 2.75) is 12.5 Å². The lowest BCUT2D eigenvalue weighted by molar-refractivity contribution is -0.0497. The van der Waals surface area contributed by atoms with Gasteiger partial charge in [0.05, 0.1) is 10.0 Å². The SMILES string of the molecule is FC(F)Oc1c(Cl)cc(CCl)cc1Cl. The van der Waals surface area contributed by atoms with Crippen molar-refractivity contribution in [3.8, 4) is 5.75 Å². The van der Waals surface area contributed by atoms with Gasteiger partial charge in [-0.05, 0) is 17.7 Å². The summed E-state index contributed by atoms with van der Waals surface area (Å²) in [5.41, 5.74) is 0.642. The van der Waals surface area contributed by atoms with Crippen molar-refractivity contribution >= 4 is 34.8 Å². The molecule has 0 radical (unpaired) electrons. The Kier molecular flexibility index (Phi) is 4.23. The number of halogens is 5. The van der Waals surface area contributed by atoms with Gasteiger partial charge < -0.3 is 4.74 Å². The zero-order valence-corrected chi connectivity index (χ0v) is 9.01. The molecule has 0 heterocycles. The fraction of sp³-hybridized carbons (Fsp3) is 0.250. The summed E-state index contributed by atoms with van der Waals surface area (Å²) in [7, 11) is 0. The van der Waals surface area contributed by atoms with Gasteiger partial charge in [0.2, 0.25) is 0 Å². The lowest BCUT2D eigenvalue weighted by atomic mass is 10.2. The third-order valence-corrected chi connectivity index (χ3v) is 2.29. The normalized spacial score (nSPS) is 10.7. The largest absolute Gasteiger partial charge is 0.432 e. The number of alkyl halides is 3. The molecule has 0 amide bonds. The molecule has 0 aliphatic heterocycles. The van der Waals surface area contributed by atoms with Crippen LogP contribution >= 0.6 is 34.8 Å². The van der Waals surface area contributed by atoms with E-state index >= 15 is 0 Å². The van der Waals surface area contributed by atoms with Crippen LogP contribution in [0.1, 0.15) is 5.56 Å². The minimum Gasteiger partial charge on any atom is -0.432 e. The molecule has 0 saturated heterocycles. The highest BCUT2D eigenvalue weighted by molar-refractivity contribution is 6.37. The Hall–Kier alpha value is -0.250. The van der Waals surface area contributed by atoms with Gasteiger partial charge in [-0.2, -0.15) is 8.78 Å². The van der Waals surface area contributed by atoms with Crippen LogP contribution in [0.25, 0.3) is 0 Å². The molecule has 0 saturated carbocycles. The van der Waals surface area contributed by atoms with Crippen molar-refractivity contribution in [1.82, 2.24) is 0 Å². The number of rotatable bonds is 3. The Morgan fingerprint density at radius 2 is 1.71 bits per heavy atom. The summed E-state index contributed by atoms with van der Waals surface area (Å²) >= 11 is 16.8. The first-order valence-electron chi connectivity index (χ1n) is 3.53. The van der Waals surface area contributed by atoms with Crippen LogP contribution < -0.4 is 4.74 Å². The molecule has 1 rings (SSSR count). The lowest BCUT2D eigenvalue weighted by Gasteiger charge is -2.09. The van der Waals surface area contributed by atoms with Crippen molar-refractivity contribution in [1.29, 1.82) is 0 Å². The zero-order valence-electron chi connectivity index (χ0n) is 6.74. The molecular formula is C8H5Cl3F2O. The van der Waals surface area contributed by atoms with Crippen LogP contribution in [0.4, 0.5) is 8.78 Å². The van der Waals surface area contributed by atoms with Crippen LogP contribution in [0.5, 0.6) is 5.75 Å². The molecule has 1 aromatic carbocycles. The van der Waals surface area contributed by atoms with E-state index in [4.69, 9.17) is 34.8 Å². The highest BCUT2D eigenvalue weighted by Crippen LogP contribution is 2.35. The second-order valence-corrected chi connectivity index (χ2v) is 3.48. The molecule has 0 bridgehead atoms. The van der Waals surface area contributed by atoms with Crippen LogP contribution in [-0.4, -0.2) is 6.61 Å². The van der Waals surface area contributed by atoms with E-state index in [1.165, 1.54) is 12.1 Å². The quantitative estimate of drug-likeness (QED) is 0.736. The maximum Gasteiger partial charge on any atom is 0.387 e. The van der Waals surface area contributed by atoms with Crippen molar-refractivity contribution in [3.63, 3.8) is 0 Å². The van der Waals surface area contributed by atoms with E-state index in [2.05, 4.69) is 4.74 Å². The van der Waals surface area contributed by atoms with Gasteiger partial charge >= 0.3 is 6.61 Å². The number of hydrogen-bond donors (Lipinski definition) is 0. The van der Waals surface area contributed by atoms with Gasteiger partial charge in [0.25, 0.3) is 0 Å². The van der Waals surface area contributed by atoms with Crippen LogP contribution in [0, 0.1) is 0 Å². The minimum absolute atomic E-state index is 0.0217. The van der Waals surface area contributed by atoms with Crippen molar-refractivity contribution < 1.29 is 13.5 Å². The third kappa shape index (κ3) is 2.87. The topological polar surface area (TPSA) is 9.23 Å². The Bertz CT molecular complexity index is 307. The monoisotopic (exact) mass is 260 g/mol. The van der Waals surface area contributed by atoms with Gasteiger partial charge in [-0.15, -0.1) is 11.6 Å². The molecule has 0 aliphatic rings. The molecule has 78 valence electrons. The van der Waals surface area contributed by atoms with E-state index in [0.717, 1.165) is 0 Å². The summed E-state index contributed by atoms with van der Waals surface area (Å²) in [4.78, 5) is 0. The van der Waals surface area contributed by atoms with E-state index in [9.17, 15) is 8.78 Å². The zero-order chi connectivity index (χ0) is 10.7. The molecule has 1 nitrogen and oxygen atoms in total. The van der Waals surface area contributed by atoms with Crippen molar-refractivity contribution in [2.75, 3.05) is 0 Å². The van der Waals surface area contributed by atoms with Crippen molar-refractivity contribution in [2.24, 2.45) is 0 Å². The number of hydrogen-bond acceptors (Lipinski definition) is 1. The van der Waals surface area contributed by atoms with Gasteiger partial charge in [-0.1, -0.05) is 23.2 Å². The van der Waals surface area contributed by atoms with Gasteiger partial charge in [-0.25, -0.2) is 0 Å². The van der Waals surface area contributed by atoms with E-state index in [1.54, 1.807) is 0 Å². The smallest absolute Gasteiger partial charge is 0.387 e. The van der Waals surface area contributed by atoms with Gasteiger partial charge in [0.1, 0.15) is 0 Å². The molecule has 0 atom stereocenters. The molecule has 14 heavy (non-hydrogen) atoms. The molecule has 0 spiro atoms. The molecule has 0 fully saturated rings. The van der Waals surface area contributed by atoms with E-state index in [-0.39, 0.29) is 21.7 Å². The number of ether oxygens (including phenoxy) is 1. The molecule has 6 heteroatoms. The second kappa shape index (κ2) is 5.01. The summed E-state index contributed by atoms with van der Waals surface area (Å²) in [5.74, 6) is -0.0220. The highest BCUT2D eigenvalue weighted by Gasteiger charge is 2.13. The average Bonchev–Trinajstić information content (AvgIpc) is 2.10. The predicted octanol–water partition coefficient (Wildman–Crippen LogP) is 4.33. The summed E-state index contributed by atoms with van der Waals surface area (Å²) in [5, 5.41) is 0.0434.